The Balaban J connectivity index is 1.53. The summed E-state index contributed by atoms with van der Waals surface area (Å²) in [5, 5.41) is 5.38. The maximum Gasteiger partial charge on any atom is 0.417 e. The molecule has 0 unspecified atom stereocenters. The Hall–Kier alpha value is -3.68. The molecule has 5 rings (SSSR count). The number of carbonyl (C=O) groups is 1. The van der Waals surface area contributed by atoms with E-state index < -0.39 is 6.09 Å². The Morgan fingerprint density at radius 1 is 1.14 bits per heavy atom. The highest BCUT2D eigenvalue weighted by molar-refractivity contribution is 5.83. The summed E-state index contributed by atoms with van der Waals surface area (Å²) in [4.78, 5) is 18.6. The van der Waals surface area contributed by atoms with E-state index in [1.54, 1.807) is 21.7 Å². The van der Waals surface area contributed by atoms with Crippen LogP contribution in [-0.4, -0.2) is 25.8 Å². The summed E-state index contributed by atoms with van der Waals surface area (Å²) in [5.41, 5.74) is 2.80. The molecular weight excluding hydrogens is 375 g/mol. The summed E-state index contributed by atoms with van der Waals surface area (Å²) in [5.74, 6) is 1.42. The van der Waals surface area contributed by atoms with Crippen molar-refractivity contribution in [2.24, 2.45) is 0 Å². The van der Waals surface area contributed by atoms with Gasteiger partial charge in [0, 0.05) is 10.9 Å². The Morgan fingerprint density at radius 2 is 1.93 bits per heavy atom. The number of benzene rings is 1. The van der Waals surface area contributed by atoms with Gasteiger partial charge in [-0.05, 0) is 56.3 Å². The van der Waals surface area contributed by atoms with Gasteiger partial charge in [-0.15, -0.1) is 0 Å². The number of carbonyl (C=O) groups excluding carboxylic acids is 1. The van der Waals surface area contributed by atoms with E-state index in [0.717, 1.165) is 22.4 Å². The van der Waals surface area contributed by atoms with Gasteiger partial charge in [0.2, 0.25) is 5.88 Å². The van der Waals surface area contributed by atoms with Crippen LogP contribution in [0, 0.1) is 19.7 Å². The van der Waals surface area contributed by atoms with Crippen LogP contribution in [0.1, 0.15) is 22.8 Å². The highest BCUT2D eigenvalue weighted by Gasteiger charge is 2.28. The predicted molar refractivity (Wildman–Crippen MR) is 102 cm³/mol. The van der Waals surface area contributed by atoms with Crippen molar-refractivity contribution in [1.82, 2.24) is 19.7 Å². The van der Waals surface area contributed by atoms with Gasteiger partial charge in [0.1, 0.15) is 17.3 Å². The molecule has 29 heavy (non-hydrogen) atoms. The Labute approximate surface area is 165 Å². The normalized spacial score (nSPS) is 13.6. The summed E-state index contributed by atoms with van der Waals surface area (Å²) in [7, 11) is 0. The van der Waals surface area contributed by atoms with Gasteiger partial charge in [0.25, 0.3) is 0 Å². The number of hydrogen-bond acceptors (Lipinski definition) is 5. The van der Waals surface area contributed by atoms with Crippen LogP contribution in [-0.2, 0) is 13.1 Å². The third kappa shape index (κ3) is 3.02. The van der Waals surface area contributed by atoms with Crippen molar-refractivity contribution in [3.63, 3.8) is 0 Å². The quantitative estimate of drug-likeness (QED) is 0.520. The molecule has 0 aliphatic carbocycles. The first-order valence-corrected chi connectivity index (χ1v) is 9.15. The Bertz CT molecular complexity index is 1240. The second-order valence-corrected chi connectivity index (χ2v) is 7.03. The second kappa shape index (κ2) is 6.44. The molecule has 1 aliphatic heterocycles. The maximum atomic E-state index is 13.3. The number of amides is 1. The molecule has 7 nitrogen and oxygen atoms in total. The molecule has 3 aromatic heterocycles. The number of aryl methyl sites for hydroxylation is 2. The minimum absolute atomic E-state index is 0.262. The van der Waals surface area contributed by atoms with Gasteiger partial charge in [0.15, 0.2) is 5.65 Å². The van der Waals surface area contributed by atoms with E-state index in [4.69, 9.17) is 9.15 Å². The van der Waals surface area contributed by atoms with Crippen molar-refractivity contribution in [3.8, 4) is 11.6 Å². The monoisotopic (exact) mass is 392 g/mol. The molecule has 0 saturated carbocycles. The van der Waals surface area contributed by atoms with E-state index in [9.17, 15) is 9.18 Å². The van der Waals surface area contributed by atoms with Crippen LogP contribution in [0.2, 0.25) is 0 Å². The van der Waals surface area contributed by atoms with Crippen molar-refractivity contribution in [3.05, 3.63) is 71.1 Å². The van der Waals surface area contributed by atoms with Crippen molar-refractivity contribution >= 4 is 17.1 Å². The zero-order valence-corrected chi connectivity index (χ0v) is 15.8. The lowest BCUT2D eigenvalue weighted by Crippen LogP contribution is -2.36. The van der Waals surface area contributed by atoms with Crippen LogP contribution >= 0.6 is 0 Å². The molecule has 1 aliphatic rings. The van der Waals surface area contributed by atoms with Crippen molar-refractivity contribution in [2.75, 3.05) is 0 Å². The SMILES string of the molecule is Cc1ccc(CN2Cc3cc4c(C)nn(-c5ccc(F)cc5)c4nc3OC2=O)o1. The zero-order valence-electron chi connectivity index (χ0n) is 15.8. The maximum absolute atomic E-state index is 13.3. The smallest absolute Gasteiger partial charge is 0.417 e. The molecule has 1 aromatic carbocycles. The summed E-state index contributed by atoms with van der Waals surface area (Å²) in [6.07, 6.45) is -0.483. The molecule has 8 heteroatoms. The van der Waals surface area contributed by atoms with Gasteiger partial charge in [-0.1, -0.05) is 0 Å². The molecule has 4 aromatic rings. The first kappa shape index (κ1) is 17.4. The number of pyridine rings is 1. The fourth-order valence-electron chi connectivity index (χ4n) is 3.47. The minimum atomic E-state index is -0.483. The average molecular weight is 392 g/mol. The molecule has 0 atom stereocenters. The van der Waals surface area contributed by atoms with Gasteiger partial charge >= 0.3 is 6.09 Å². The van der Waals surface area contributed by atoms with E-state index in [1.807, 2.05) is 32.0 Å². The van der Waals surface area contributed by atoms with E-state index >= 15 is 0 Å². The second-order valence-electron chi connectivity index (χ2n) is 7.03. The highest BCUT2D eigenvalue weighted by atomic mass is 19.1. The fraction of sp³-hybridized carbons (Fsp3) is 0.190. The standard InChI is InChI=1S/C21H17FN4O3/c1-12-3-8-17(28-12)11-25-10-14-9-18-13(2)24-26(16-6-4-15(22)5-7-16)19(18)23-20(14)29-21(25)27/h3-9H,10-11H2,1-2H3. The van der Waals surface area contributed by atoms with Crippen molar-refractivity contribution < 1.29 is 18.3 Å². The summed E-state index contributed by atoms with van der Waals surface area (Å²) < 4.78 is 25.9. The summed E-state index contributed by atoms with van der Waals surface area (Å²) in [6.45, 7) is 4.42. The van der Waals surface area contributed by atoms with Gasteiger partial charge in [-0.25, -0.2) is 13.9 Å². The van der Waals surface area contributed by atoms with Crippen LogP contribution in [0.4, 0.5) is 9.18 Å². The number of hydrogen-bond donors (Lipinski definition) is 0. The van der Waals surface area contributed by atoms with Gasteiger partial charge in [0.05, 0.1) is 24.5 Å². The predicted octanol–water partition coefficient (Wildman–Crippen LogP) is 4.28. The molecule has 0 N–H and O–H groups in total. The number of rotatable bonds is 3. The largest absolute Gasteiger partial charge is 0.464 e. The van der Waals surface area contributed by atoms with E-state index in [2.05, 4.69) is 10.1 Å². The first-order chi connectivity index (χ1) is 14.0. The lowest BCUT2D eigenvalue weighted by Gasteiger charge is -2.26. The van der Waals surface area contributed by atoms with Crippen molar-refractivity contribution in [1.29, 1.82) is 0 Å². The van der Waals surface area contributed by atoms with E-state index in [-0.39, 0.29) is 11.7 Å². The Kier molecular flexibility index (Phi) is 3.87. The van der Waals surface area contributed by atoms with Crippen LogP contribution in [0.15, 0.2) is 46.9 Å². The van der Waals surface area contributed by atoms with E-state index in [0.29, 0.717) is 30.2 Å². The molecule has 0 bridgehead atoms. The number of furan rings is 1. The lowest BCUT2D eigenvalue weighted by molar-refractivity contribution is 0.128. The molecule has 4 heterocycles. The van der Waals surface area contributed by atoms with Crippen LogP contribution in [0.3, 0.4) is 0 Å². The third-order valence-corrected chi connectivity index (χ3v) is 4.90. The average Bonchev–Trinajstić information content (AvgIpc) is 3.24. The van der Waals surface area contributed by atoms with Crippen molar-refractivity contribution in [2.45, 2.75) is 26.9 Å². The molecule has 146 valence electrons. The minimum Gasteiger partial charge on any atom is -0.464 e. The lowest BCUT2D eigenvalue weighted by atomic mass is 10.1. The van der Waals surface area contributed by atoms with Crippen LogP contribution < -0.4 is 4.74 Å². The Morgan fingerprint density at radius 3 is 2.66 bits per heavy atom. The van der Waals surface area contributed by atoms with Gasteiger partial charge in [-0.3, -0.25) is 4.90 Å². The topological polar surface area (TPSA) is 73.4 Å². The molecule has 0 radical (unpaired) electrons. The molecule has 1 amide bonds. The number of aromatic nitrogens is 3. The molecule has 0 saturated heterocycles. The molecule has 0 spiro atoms. The van der Waals surface area contributed by atoms with Gasteiger partial charge < -0.3 is 9.15 Å². The number of fused-ring (bicyclic) bond motifs is 2. The molecular formula is C21H17FN4O3. The van der Waals surface area contributed by atoms with Crippen LogP contribution in [0.5, 0.6) is 5.88 Å². The fourth-order valence-corrected chi connectivity index (χ4v) is 3.47. The first-order valence-electron chi connectivity index (χ1n) is 9.15. The van der Waals surface area contributed by atoms with E-state index in [1.165, 1.54) is 12.1 Å². The number of ether oxygens (including phenoxy) is 1. The summed E-state index contributed by atoms with van der Waals surface area (Å²) >= 11 is 0. The summed E-state index contributed by atoms with van der Waals surface area (Å²) in [6, 6.07) is 11.6. The number of halogens is 1. The third-order valence-electron chi connectivity index (χ3n) is 4.90. The number of nitrogens with zero attached hydrogens (tertiary/aromatic N) is 4. The molecule has 0 fully saturated rings. The zero-order chi connectivity index (χ0) is 20.1. The van der Waals surface area contributed by atoms with Crippen LogP contribution in [0.25, 0.3) is 16.7 Å². The van der Waals surface area contributed by atoms with Gasteiger partial charge in [-0.2, -0.15) is 10.1 Å². The highest BCUT2D eigenvalue weighted by Crippen LogP contribution is 2.31.